The number of piperidine rings is 1. The average molecular weight is 342 g/mol. The number of nitrogens with one attached hydrogen (secondary N) is 1. The maximum Gasteiger partial charge on any atom is 0.404 e. The second-order valence-electron chi connectivity index (χ2n) is 6.09. The fourth-order valence-electron chi connectivity index (χ4n) is 3.01. The van der Waals surface area contributed by atoms with Gasteiger partial charge in [-0.05, 0) is 32.9 Å². The molecule has 1 aliphatic rings. The molecule has 1 N–H and O–H groups in total. The summed E-state index contributed by atoms with van der Waals surface area (Å²) in [5, 5.41) is 7.19. The van der Waals surface area contributed by atoms with Gasteiger partial charge in [0, 0.05) is 18.8 Å². The molecule has 1 fully saturated rings. The highest BCUT2D eigenvalue weighted by atomic mass is 19.4. The van der Waals surface area contributed by atoms with E-state index in [1.54, 1.807) is 13.0 Å². The number of nitrogens with zero attached hydrogens (tertiary/aromatic N) is 3. The molecule has 2 aromatic rings. The molecule has 2 atom stereocenters. The highest BCUT2D eigenvalue weighted by Crippen LogP contribution is 2.31. The lowest BCUT2D eigenvalue weighted by molar-refractivity contribution is -0.188. The van der Waals surface area contributed by atoms with E-state index in [9.17, 15) is 18.0 Å². The van der Waals surface area contributed by atoms with Gasteiger partial charge in [-0.2, -0.15) is 13.2 Å². The molecule has 130 valence electrons. The topological polar surface area (TPSA) is 71.3 Å². The Labute approximate surface area is 136 Å². The van der Waals surface area contributed by atoms with Crippen LogP contribution in [0.1, 0.15) is 28.9 Å². The molecule has 3 heterocycles. The highest BCUT2D eigenvalue weighted by Gasteiger charge is 2.44. The predicted molar refractivity (Wildman–Crippen MR) is 79.5 cm³/mol. The van der Waals surface area contributed by atoms with Crippen molar-refractivity contribution in [2.45, 2.75) is 38.0 Å². The standard InChI is InChI=1S/C15H17F3N4O2/c1-8-11-5-9(6-19-14(11)24-21-8)13(23)20-10-3-4-12(15(16,17)18)22(2)7-10/h5-6,10,12H,3-4,7H2,1-2H3,(H,20,23). The Balaban J connectivity index is 1.67. The van der Waals surface area contributed by atoms with E-state index >= 15 is 0 Å². The highest BCUT2D eigenvalue weighted by molar-refractivity contribution is 5.97. The number of likely N-dealkylation sites (tertiary alicyclic amines) is 1. The van der Waals surface area contributed by atoms with Gasteiger partial charge >= 0.3 is 6.18 Å². The summed E-state index contributed by atoms with van der Waals surface area (Å²) in [5.74, 6) is -0.367. The first kappa shape index (κ1) is 16.7. The van der Waals surface area contributed by atoms with Crippen molar-refractivity contribution in [1.29, 1.82) is 0 Å². The van der Waals surface area contributed by atoms with Crippen LogP contribution in [0.2, 0.25) is 0 Å². The van der Waals surface area contributed by atoms with Gasteiger partial charge in [0.05, 0.1) is 16.6 Å². The first-order valence-corrected chi connectivity index (χ1v) is 7.55. The van der Waals surface area contributed by atoms with Gasteiger partial charge in [-0.1, -0.05) is 5.16 Å². The fraction of sp³-hybridized carbons (Fsp3) is 0.533. The third-order valence-corrected chi connectivity index (χ3v) is 4.31. The molecular weight excluding hydrogens is 325 g/mol. The van der Waals surface area contributed by atoms with Gasteiger partial charge < -0.3 is 9.84 Å². The molecule has 0 bridgehead atoms. The number of rotatable bonds is 2. The molecule has 6 nitrogen and oxygen atoms in total. The van der Waals surface area contributed by atoms with E-state index in [0.717, 1.165) is 0 Å². The molecule has 2 aromatic heterocycles. The van der Waals surface area contributed by atoms with Crippen molar-refractivity contribution in [2.75, 3.05) is 13.6 Å². The number of hydrogen-bond donors (Lipinski definition) is 1. The minimum Gasteiger partial charge on any atom is -0.348 e. The van der Waals surface area contributed by atoms with Crippen molar-refractivity contribution in [3.8, 4) is 0 Å². The molecule has 9 heteroatoms. The third kappa shape index (κ3) is 3.21. The van der Waals surface area contributed by atoms with Crippen LogP contribution >= 0.6 is 0 Å². The van der Waals surface area contributed by atoms with Gasteiger partial charge in [0.15, 0.2) is 0 Å². The van der Waals surface area contributed by atoms with E-state index < -0.39 is 12.2 Å². The van der Waals surface area contributed by atoms with Gasteiger partial charge in [-0.3, -0.25) is 9.69 Å². The monoisotopic (exact) mass is 342 g/mol. The van der Waals surface area contributed by atoms with Crippen molar-refractivity contribution in [2.24, 2.45) is 0 Å². The SMILES string of the molecule is Cc1noc2ncc(C(=O)NC3CCC(C(F)(F)F)N(C)C3)cc12. The van der Waals surface area contributed by atoms with Crippen LogP contribution in [0.25, 0.3) is 11.1 Å². The molecule has 0 spiro atoms. The van der Waals surface area contributed by atoms with Gasteiger partial charge in [0.1, 0.15) is 6.04 Å². The zero-order valence-corrected chi connectivity index (χ0v) is 13.2. The number of amides is 1. The minimum absolute atomic E-state index is 0.0347. The molecule has 1 aliphatic heterocycles. The molecule has 0 aromatic carbocycles. The molecule has 0 aliphatic carbocycles. The Morgan fingerprint density at radius 3 is 2.83 bits per heavy atom. The molecule has 1 saturated heterocycles. The van der Waals surface area contributed by atoms with Crippen LogP contribution in [0.4, 0.5) is 13.2 Å². The lowest BCUT2D eigenvalue weighted by Crippen LogP contribution is -2.54. The predicted octanol–water partition coefficient (Wildman–Crippen LogP) is 2.29. The van der Waals surface area contributed by atoms with Crippen molar-refractivity contribution < 1.29 is 22.5 Å². The first-order chi connectivity index (χ1) is 11.3. The number of likely N-dealkylation sites (N-methyl/N-ethyl adjacent to an activating group) is 1. The molecule has 2 unspecified atom stereocenters. The average Bonchev–Trinajstić information content (AvgIpc) is 2.87. The zero-order valence-electron chi connectivity index (χ0n) is 13.2. The van der Waals surface area contributed by atoms with Crippen LogP contribution in [0, 0.1) is 6.92 Å². The first-order valence-electron chi connectivity index (χ1n) is 7.55. The van der Waals surface area contributed by atoms with Gasteiger partial charge in [-0.25, -0.2) is 4.98 Å². The van der Waals surface area contributed by atoms with Gasteiger partial charge in [0.2, 0.25) is 0 Å². The van der Waals surface area contributed by atoms with Crippen molar-refractivity contribution >= 4 is 17.0 Å². The summed E-state index contributed by atoms with van der Waals surface area (Å²) in [7, 11) is 1.42. The Morgan fingerprint density at radius 2 is 2.17 bits per heavy atom. The lowest BCUT2D eigenvalue weighted by Gasteiger charge is -2.38. The maximum atomic E-state index is 12.8. The number of halogens is 3. The summed E-state index contributed by atoms with van der Waals surface area (Å²) in [4.78, 5) is 17.6. The summed E-state index contributed by atoms with van der Waals surface area (Å²) in [6, 6.07) is -0.169. The minimum atomic E-state index is -4.25. The fourth-order valence-corrected chi connectivity index (χ4v) is 3.01. The van der Waals surface area contributed by atoms with Crippen LogP contribution in [-0.4, -0.2) is 52.8 Å². The number of aromatic nitrogens is 2. The number of carbonyl (C=O) groups is 1. The number of alkyl halides is 3. The summed E-state index contributed by atoms with van der Waals surface area (Å²) in [6.45, 7) is 1.89. The van der Waals surface area contributed by atoms with E-state index in [0.29, 0.717) is 22.4 Å². The second-order valence-corrected chi connectivity index (χ2v) is 6.09. The summed E-state index contributed by atoms with van der Waals surface area (Å²) < 4.78 is 43.5. The van der Waals surface area contributed by atoms with E-state index in [4.69, 9.17) is 4.52 Å². The maximum absolute atomic E-state index is 12.8. The molecule has 0 saturated carbocycles. The molecule has 1 amide bonds. The lowest BCUT2D eigenvalue weighted by atomic mass is 9.98. The van der Waals surface area contributed by atoms with Crippen LogP contribution < -0.4 is 5.32 Å². The number of pyridine rings is 1. The van der Waals surface area contributed by atoms with E-state index in [-0.39, 0.29) is 31.3 Å². The summed E-state index contributed by atoms with van der Waals surface area (Å²) >= 11 is 0. The van der Waals surface area contributed by atoms with Crippen LogP contribution in [0.5, 0.6) is 0 Å². The molecular formula is C15H17F3N4O2. The van der Waals surface area contributed by atoms with E-state index in [1.165, 1.54) is 18.1 Å². The smallest absolute Gasteiger partial charge is 0.348 e. The number of hydrogen-bond acceptors (Lipinski definition) is 5. The number of fused-ring (bicyclic) bond motifs is 1. The quantitative estimate of drug-likeness (QED) is 0.907. The van der Waals surface area contributed by atoms with E-state index in [1.807, 2.05) is 0 Å². The largest absolute Gasteiger partial charge is 0.404 e. The molecule has 24 heavy (non-hydrogen) atoms. The normalized spacial score (nSPS) is 22.7. The van der Waals surface area contributed by atoms with Crippen LogP contribution in [-0.2, 0) is 0 Å². The Kier molecular flexibility index (Phi) is 4.20. The second kappa shape index (κ2) is 6.04. The molecule has 0 radical (unpaired) electrons. The third-order valence-electron chi connectivity index (χ3n) is 4.31. The van der Waals surface area contributed by atoms with Crippen molar-refractivity contribution in [3.05, 3.63) is 23.5 Å². The molecule has 3 rings (SSSR count). The summed E-state index contributed by atoms with van der Waals surface area (Å²) in [5.41, 5.74) is 1.29. The Bertz CT molecular complexity index is 759. The van der Waals surface area contributed by atoms with Gasteiger partial charge in [0.25, 0.3) is 11.6 Å². The van der Waals surface area contributed by atoms with Crippen molar-refractivity contribution in [1.82, 2.24) is 20.4 Å². The summed E-state index contributed by atoms with van der Waals surface area (Å²) in [6.07, 6.45) is -2.63. The van der Waals surface area contributed by atoms with Crippen LogP contribution in [0.15, 0.2) is 16.8 Å². The Morgan fingerprint density at radius 1 is 1.42 bits per heavy atom. The zero-order chi connectivity index (χ0) is 17.5. The number of carbonyl (C=O) groups excluding carboxylic acids is 1. The van der Waals surface area contributed by atoms with Crippen LogP contribution in [0.3, 0.4) is 0 Å². The van der Waals surface area contributed by atoms with Gasteiger partial charge in [-0.15, -0.1) is 0 Å². The number of aryl methyl sites for hydroxylation is 1. The Hall–Kier alpha value is -2.16. The van der Waals surface area contributed by atoms with E-state index in [2.05, 4.69) is 15.5 Å². The van der Waals surface area contributed by atoms with Crippen molar-refractivity contribution in [3.63, 3.8) is 0 Å².